The van der Waals surface area contributed by atoms with Crippen LogP contribution in [-0.4, -0.2) is 107 Å². The van der Waals surface area contributed by atoms with E-state index in [1.165, 1.54) is 89.5 Å². The van der Waals surface area contributed by atoms with Gasteiger partial charge in [0.1, 0.15) is 30.5 Å². The molecular weight excluding hydrogens is 682 g/mol. The fraction of sp³-hybridized carbons (Fsp3) is 0.919. The number of rotatable bonds is 32. The van der Waals surface area contributed by atoms with Gasteiger partial charge in [-0.25, -0.2) is 4.18 Å². The number of carbonyl (C=O) groups is 1. The van der Waals surface area contributed by atoms with Gasteiger partial charge in [-0.1, -0.05) is 148 Å². The zero-order valence-corrected chi connectivity index (χ0v) is 32.1. The van der Waals surface area contributed by atoms with Gasteiger partial charge in [0.15, 0.2) is 6.29 Å². The number of allylic oxidation sites excluding steroid dienone is 1. The summed E-state index contributed by atoms with van der Waals surface area (Å²) in [6, 6.07) is -1.11. The number of carbonyl (C=O) groups excluding carboxylic acids is 1. The van der Waals surface area contributed by atoms with E-state index in [1.807, 2.05) is 6.08 Å². The number of amides is 1. The third kappa shape index (κ3) is 22.6. The minimum absolute atomic E-state index is 0.246. The average Bonchev–Trinajstić information content (AvgIpc) is 3.09. The smallest absolute Gasteiger partial charge is 0.394 e. The third-order valence-electron chi connectivity index (χ3n) is 9.43. The Kier molecular flexibility index (Phi) is 27.4. The molecule has 7 N–H and O–H groups in total. The number of hydrogen-bond acceptors (Lipinski definition) is 11. The van der Waals surface area contributed by atoms with Crippen molar-refractivity contribution in [1.29, 1.82) is 0 Å². The third-order valence-corrected chi connectivity index (χ3v) is 9.89. The maximum Gasteiger partial charge on any atom is 0.397 e. The van der Waals surface area contributed by atoms with E-state index in [9.17, 15) is 38.7 Å². The van der Waals surface area contributed by atoms with Gasteiger partial charge in [-0.15, -0.1) is 0 Å². The number of aliphatic hydroxyl groups is 5. The monoisotopic (exact) mass is 753 g/mol. The van der Waals surface area contributed by atoms with Crippen LogP contribution in [-0.2, 0) is 28.9 Å². The SMILES string of the molecule is CCCCCCCCCCC/C=C/C(O)C(COC1OC(CO)C(O)C(OS(=O)(=O)O)C1O)NC(=O)C(O)CCCCCCCCCCCCC. The van der Waals surface area contributed by atoms with Crippen LogP contribution in [0, 0.1) is 0 Å². The second-order valence-corrected chi connectivity index (χ2v) is 15.1. The zero-order valence-electron chi connectivity index (χ0n) is 31.3. The first-order valence-electron chi connectivity index (χ1n) is 19.7. The molecule has 1 rings (SSSR count). The fourth-order valence-electron chi connectivity index (χ4n) is 6.22. The highest BCUT2D eigenvalue weighted by Gasteiger charge is 2.48. The Bertz CT molecular complexity index is 1000. The average molecular weight is 754 g/mol. The van der Waals surface area contributed by atoms with Gasteiger partial charge in [-0.05, 0) is 19.3 Å². The standard InChI is InChI=1S/C37H71NO12S/c1-3-5-7-9-11-13-15-17-19-21-23-25-30(40)29(28-48-37-34(43)35(50-51(45,46)47)33(42)32(27-39)49-37)38-36(44)31(41)26-24-22-20-18-16-14-12-10-8-6-4-2/h23,25,29-35,37,39-43H,3-22,24,26-28H2,1-2H3,(H,38,44)(H,45,46,47)/b25-23+. The molecule has 0 bridgehead atoms. The molecule has 0 aromatic carbocycles. The van der Waals surface area contributed by atoms with Crippen molar-refractivity contribution in [3.8, 4) is 0 Å². The summed E-state index contributed by atoms with van der Waals surface area (Å²) in [5.74, 6) is -0.705. The highest BCUT2D eigenvalue weighted by atomic mass is 32.3. The molecule has 0 aromatic heterocycles. The van der Waals surface area contributed by atoms with Gasteiger partial charge < -0.3 is 40.3 Å². The highest BCUT2D eigenvalue weighted by Crippen LogP contribution is 2.26. The molecule has 1 amide bonds. The second-order valence-electron chi connectivity index (χ2n) is 14.0. The van der Waals surface area contributed by atoms with E-state index in [0.29, 0.717) is 12.8 Å². The van der Waals surface area contributed by atoms with Gasteiger partial charge in [0.05, 0.1) is 25.4 Å². The van der Waals surface area contributed by atoms with Crippen LogP contribution < -0.4 is 5.32 Å². The minimum Gasteiger partial charge on any atom is -0.394 e. The molecule has 0 radical (unpaired) electrons. The predicted octanol–water partition coefficient (Wildman–Crippen LogP) is 5.01. The normalized spacial score (nSPS) is 23.0. The Morgan fingerprint density at radius 2 is 1.27 bits per heavy atom. The molecule has 8 atom stereocenters. The number of unbranched alkanes of at least 4 members (excludes halogenated alkanes) is 19. The van der Waals surface area contributed by atoms with Crippen molar-refractivity contribution >= 4 is 16.3 Å². The van der Waals surface area contributed by atoms with Crippen LogP contribution in [0.2, 0.25) is 0 Å². The minimum atomic E-state index is -5.11. The molecule has 1 fully saturated rings. The molecule has 8 unspecified atom stereocenters. The molecule has 302 valence electrons. The Hall–Kier alpha value is -1.20. The van der Waals surface area contributed by atoms with Crippen LogP contribution in [0.15, 0.2) is 12.2 Å². The summed E-state index contributed by atoms with van der Waals surface area (Å²) < 4.78 is 47.2. The van der Waals surface area contributed by atoms with Gasteiger partial charge in [0.2, 0.25) is 5.91 Å². The van der Waals surface area contributed by atoms with E-state index in [4.69, 9.17) is 14.0 Å². The lowest BCUT2D eigenvalue weighted by Crippen LogP contribution is -2.61. The van der Waals surface area contributed by atoms with Crippen molar-refractivity contribution in [2.24, 2.45) is 0 Å². The van der Waals surface area contributed by atoms with Gasteiger partial charge in [0.25, 0.3) is 0 Å². The van der Waals surface area contributed by atoms with Crippen LogP contribution in [0.4, 0.5) is 0 Å². The molecule has 1 aliphatic rings. The molecule has 13 nitrogen and oxygen atoms in total. The van der Waals surface area contributed by atoms with Crippen LogP contribution in [0.25, 0.3) is 0 Å². The first kappa shape index (κ1) is 47.8. The van der Waals surface area contributed by atoms with Crippen LogP contribution >= 0.6 is 0 Å². The van der Waals surface area contributed by atoms with E-state index in [0.717, 1.165) is 38.5 Å². The quantitative estimate of drug-likeness (QED) is 0.0274. The number of aliphatic hydroxyl groups excluding tert-OH is 5. The summed E-state index contributed by atoms with van der Waals surface area (Å²) in [7, 11) is -5.11. The molecule has 0 saturated carbocycles. The maximum atomic E-state index is 13.0. The van der Waals surface area contributed by atoms with E-state index in [2.05, 4.69) is 23.3 Å². The first-order chi connectivity index (χ1) is 24.4. The van der Waals surface area contributed by atoms with E-state index < -0.39 is 78.5 Å². The second kappa shape index (κ2) is 29.2. The summed E-state index contributed by atoms with van der Waals surface area (Å²) in [6.45, 7) is 3.15. The molecule has 14 heteroatoms. The number of hydrogen-bond donors (Lipinski definition) is 7. The molecule has 1 heterocycles. The van der Waals surface area contributed by atoms with Crippen molar-refractivity contribution in [2.45, 2.75) is 204 Å². The van der Waals surface area contributed by atoms with Crippen LogP contribution in [0.5, 0.6) is 0 Å². The number of ether oxygens (including phenoxy) is 2. The first-order valence-corrected chi connectivity index (χ1v) is 21.0. The molecular formula is C37H71NO12S. The van der Waals surface area contributed by atoms with Crippen molar-refractivity contribution in [3.05, 3.63) is 12.2 Å². The summed E-state index contributed by atoms with van der Waals surface area (Å²) >= 11 is 0. The Balaban J connectivity index is 2.71. The molecule has 0 aliphatic carbocycles. The fourth-order valence-corrected chi connectivity index (χ4v) is 6.73. The maximum absolute atomic E-state index is 13.0. The van der Waals surface area contributed by atoms with E-state index in [1.54, 1.807) is 0 Å². The van der Waals surface area contributed by atoms with Crippen molar-refractivity contribution < 1.29 is 57.0 Å². The Labute approximate surface area is 307 Å². The molecule has 1 aliphatic heterocycles. The Morgan fingerprint density at radius 3 is 1.76 bits per heavy atom. The molecule has 51 heavy (non-hydrogen) atoms. The van der Waals surface area contributed by atoms with Crippen molar-refractivity contribution in [3.63, 3.8) is 0 Å². The lowest BCUT2D eigenvalue weighted by atomic mass is 9.99. The van der Waals surface area contributed by atoms with Gasteiger partial charge in [-0.2, -0.15) is 8.42 Å². The highest BCUT2D eigenvalue weighted by molar-refractivity contribution is 7.80. The summed E-state index contributed by atoms with van der Waals surface area (Å²) in [5, 5.41) is 54.8. The van der Waals surface area contributed by atoms with Crippen molar-refractivity contribution in [1.82, 2.24) is 5.32 Å². The lowest BCUT2D eigenvalue weighted by molar-refractivity contribution is -0.298. The Morgan fingerprint density at radius 1 is 0.784 bits per heavy atom. The van der Waals surface area contributed by atoms with Crippen molar-refractivity contribution in [2.75, 3.05) is 13.2 Å². The lowest BCUT2D eigenvalue weighted by Gasteiger charge is -2.41. The van der Waals surface area contributed by atoms with E-state index >= 15 is 0 Å². The zero-order chi connectivity index (χ0) is 37.9. The van der Waals surface area contributed by atoms with Crippen LogP contribution in [0.3, 0.4) is 0 Å². The van der Waals surface area contributed by atoms with Gasteiger partial charge in [-0.3, -0.25) is 9.35 Å². The summed E-state index contributed by atoms with van der Waals surface area (Å²) in [4.78, 5) is 13.0. The predicted molar refractivity (Wildman–Crippen MR) is 196 cm³/mol. The van der Waals surface area contributed by atoms with Crippen LogP contribution in [0.1, 0.15) is 155 Å². The van der Waals surface area contributed by atoms with Gasteiger partial charge in [0, 0.05) is 0 Å². The molecule has 0 aromatic rings. The van der Waals surface area contributed by atoms with E-state index in [-0.39, 0.29) is 6.42 Å². The summed E-state index contributed by atoms with van der Waals surface area (Å²) in [6.07, 6.45) is 16.0. The topological polar surface area (TPSA) is 212 Å². The van der Waals surface area contributed by atoms with Gasteiger partial charge >= 0.3 is 10.4 Å². The largest absolute Gasteiger partial charge is 0.397 e. The molecule has 1 saturated heterocycles. The molecule has 0 spiro atoms. The number of nitrogens with one attached hydrogen (secondary N) is 1. The summed E-state index contributed by atoms with van der Waals surface area (Å²) in [5.41, 5.74) is 0.